The second-order valence-corrected chi connectivity index (χ2v) is 8.14. The van der Waals surface area contributed by atoms with Crippen molar-refractivity contribution in [2.24, 2.45) is 7.05 Å². The highest BCUT2D eigenvalue weighted by molar-refractivity contribution is 5.09. The Hall–Kier alpha value is -1.79. The van der Waals surface area contributed by atoms with Crippen LogP contribution in [0.3, 0.4) is 0 Å². The van der Waals surface area contributed by atoms with Gasteiger partial charge in [0, 0.05) is 31.9 Å². The molecule has 146 valence electrons. The number of piperidine rings is 1. The molecular formula is C21H32N6. The molecule has 4 rings (SSSR count). The van der Waals surface area contributed by atoms with E-state index in [1.165, 1.54) is 50.2 Å². The molecule has 0 spiro atoms. The van der Waals surface area contributed by atoms with Gasteiger partial charge in [-0.3, -0.25) is 14.8 Å². The van der Waals surface area contributed by atoms with E-state index in [0.717, 1.165) is 44.8 Å². The van der Waals surface area contributed by atoms with Crippen LogP contribution in [0.25, 0.3) is 0 Å². The third-order valence-corrected chi connectivity index (χ3v) is 6.14. The molecule has 0 saturated carbocycles. The summed E-state index contributed by atoms with van der Waals surface area (Å²) in [6, 6.07) is 4.18. The van der Waals surface area contributed by atoms with Crippen molar-refractivity contribution in [1.29, 1.82) is 0 Å². The van der Waals surface area contributed by atoms with Crippen LogP contribution in [-0.2, 0) is 20.1 Å². The Labute approximate surface area is 162 Å². The van der Waals surface area contributed by atoms with Crippen molar-refractivity contribution in [3.8, 4) is 0 Å². The molecule has 27 heavy (non-hydrogen) atoms. The summed E-state index contributed by atoms with van der Waals surface area (Å²) >= 11 is 0. The fraction of sp³-hybridized carbons (Fsp3) is 0.667. The second-order valence-electron chi connectivity index (χ2n) is 8.14. The van der Waals surface area contributed by atoms with E-state index in [4.69, 9.17) is 0 Å². The van der Waals surface area contributed by atoms with Crippen LogP contribution in [0.1, 0.15) is 61.7 Å². The lowest BCUT2D eigenvalue weighted by Crippen LogP contribution is -2.33. The summed E-state index contributed by atoms with van der Waals surface area (Å²) in [7, 11) is 2.16. The maximum Gasteiger partial charge on any atom is 0.146 e. The first-order chi connectivity index (χ1) is 13.3. The second kappa shape index (κ2) is 8.93. The molecule has 6 nitrogen and oxygen atoms in total. The minimum absolute atomic E-state index is 0.533. The number of hydrogen-bond acceptors (Lipinski definition) is 5. The largest absolute Gasteiger partial charge is 0.317 e. The number of pyridine rings is 1. The monoisotopic (exact) mass is 368 g/mol. The summed E-state index contributed by atoms with van der Waals surface area (Å²) < 4.78 is 2.27. The molecule has 6 heteroatoms. The van der Waals surface area contributed by atoms with Gasteiger partial charge in [-0.1, -0.05) is 18.9 Å². The molecule has 2 aromatic heterocycles. The molecule has 0 aliphatic carbocycles. The van der Waals surface area contributed by atoms with Gasteiger partial charge in [-0.05, 0) is 63.5 Å². The predicted octanol–water partition coefficient (Wildman–Crippen LogP) is 2.97. The third-order valence-electron chi connectivity index (χ3n) is 6.14. The van der Waals surface area contributed by atoms with Crippen molar-refractivity contribution in [1.82, 2.24) is 29.5 Å². The van der Waals surface area contributed by atoms with Crippen molar-refractivity contribution < 1.29 is 0 Å². The Balaban J connectivity index is 1.32. The van der Waals surface area contributed by atoms with Gasteiger partial charge >= 0.3 is 0 Å². The molecule has 2 aliphatic heterocycles. The minimum atomic E-state index is 0.533. The lowest BCUT2D eigenvalue weighted by atomic mass is 9.95. The van der Waals surface area contributed by atoms with E-state index in [9.17, 15) is 0 Å². The Morgan fingerprint density at radius 3 is 2.37 bits per heavy atom. The molecule has 0 aromatic carbocycles. The highest BCUT2D eigenvalue weighted by atomic mass is 15.3. The van der Waals surface area contributed by atoms with Gasteiger partial charge in [0.2, 0.25) is 0 Å². The molecule has 0 N–H and O–H groups in total. The van der Waals surface area contributed by atoms with Crippen LogP contribution in [0.5, 0.6) is 0 Å². The van der Waals surface area contributed by atoms with Crippen molar-refractivity contribution in [3.63, 3.8) is 0 Å². The summed E-state index contributed by atoms with van der Waals surface area (Å²) in [4.78, 5) is 9.31. The number of rotatable bonds is 5. The molecule has 2 fully saturated rings. The van der Waals surface area contributed by atoms with Gasteiger partial charge in [0.1, 0.15) is 11.6 Å². The Morgan fingerprint density at radius 2 is 1.67 bits per heavy atom. The molecule has 2 aliphatic rings. The molecule has 2 aromatic rings. The van der Waals surface area contributed by atoms with Gasteiger partial charge in [-0.25, -0.2) is 0 Å². The van der Waals surface area contributed by atoms with Gasteiger partial charge in [-0.2, -0.15) is 0 Å². The fourth-order valence-electron chi connectivity index (χ4n) is 4.46. The Morgan fingerprint density at radius 1 is 0.926 bits per heavy atom. The lowest BCUT2D eigenvalue weighted by molar-refractivity contribution is 0.200. The molecule has 0 unspecified atom stereocenters. The minimum Gasteiger partial charge on any atom is -0.317 e. The highest BCUT2D eigenvalue weighted by Gasteiger charge is 2.25. The first-order valence-corrected chi connectivity index (χ1v) is 10.5. The molecule has 2 saturated heterocycles. The van der Waals surface area contributed by atoms with Crippen LogP contribution in [0.4, 0.5) is 0 Å². The average molecular weight is 369 g/mol. The Kier molecular flexibility index (Phi) is 6.14. The molecule has 0 bridgehead atoms. The number of likely N-dealkylation sites (tertiary alicyclic amines) is 2. The fourth-order valence-corrected chi connectivity index (χ4v) is 4.46. The van der Waals surface area contributed by atoms with Crippen molar-refractivity contribution in [2.75, 3.05) is 26.2 Å². The zero-order valence-electron chi connectivity index (χ0n) is 16.6. The summed E-state index contributed by atoms with van der Waals surface area (Å²) in [6.07, 6.45) is 11.5. The number of hydrogen-bond donors (Lipinski definition) is 0. The lowest BCUT2D eigenvalue weighted by Gasteiger charge is -2.31. The third kappa shape index (κ3) is 4.74. The van der Waals surface area contributed by atoms with Crippen molar-refractivity contribution >= 4 is 0 Å². The smallest absolute Gasteiger partial charge is 0.146 e. The first-order valence-electron chi connectivity index (χ1n) is 10.5. The Bertz CT molecular complexity index is 697. The summed E-state index contributed by atoms with van der Waals surface area (Å²) in [5.41, 5.74) is 1.30. The van der Waals surface area contributed by atoms with Crippen LogP contribution < -0.4 is 0 Å². The van der Waals surface area contributed by atoms with E-state index < -0.39 is 0 Å². The first kappa shape index (κ1) is 18.6. The highest BCUT2D eigenvalue weighted by Crippen LogP contribution is 2.27. The van der Waals surface area contributed by atoms with Crippen LogP contribution >= 0.6 is 0 Å². The van der Waals surface area contributed by atoms with E-state index in [1.54, 1.807) is 0 Å². The summed E-state index contributed by atoms with van der Waals surface area (Å²) in [6.45, 7) is 6.59. The zero-order valence-corrected chi connectivity index (χ0v) is 16.6. The van der Waals surface area contributed by atoms with Gasteiger partial charge in [0.15, 0.2) is 0 Å². The normalized spacial score (nSPS) is 20.6. The van der Waals surface area contributed by atoms with Gasteiger partial charge in [-0.15, -0.1) is 10.2 Å². The topological polar surface area (TPSA) is 50.1 Å². The van der Waals surface area contributed by atoms with Crippen LogP contribution in [0.15, 0.2) is 24.5 Å². The maximum absolute atomic E-state index is 4.60. The number of nitrogens with zero attached hydrogens (tertiary/aromatic N) is 6. The molecule has 0 amide bonds. The van der Waals surface area contributed by atoms with Gasteiger partial charge in [0.05, 0.1) is 6.54 Å². The van der Waals surface area contributed by atoms with E-state index in [2.05, 4.69) is 42.7 Å². The van der Waals surface area contributed by atoms with E-state index in [1.807, 2.05) is 18.5 Å². The molecule has 0 radical (unpaired) electrons. The molecular weight excluding hydrogens is 336 g/mol. The summed E-state index contributed by atoms with van der Waals surface area (Å²) in [5, 5.41) is 9.15. The molecule has 0 atom stereocenters. The zero-order chi connectivity index (χ0) is 18.5. The van der Waals surface area contributed by atoms with Crippen LogP contribution in [0, 0.1) is 0 Å². The predicted molar refractivity (Wildman–Crippen MR) is 106 cm³/mol. The summed E-state index contributed by atoms with van der Waals surface area (Å²) in [5.74, 6) is 2.84. The van der Waals surface area contributed by atoms with Gasteiger partial charge in [0.25, 0.3) is 0 Å². The standard InChI is InChI=1S/C21H32N6/c1-25-20(17-26-11-4-2-3-5-12-26)23-24-21(25)19-8-13-27(14-9-19)16-18-7-6-10-22-15-18/h6-7,10,15,19H,2-5,8-9,11-14,16-17H2,1H3. The van der Waals surface area contributed by atoms with E-state index in [0.29, 0.717) is 5.92 Å². The molecule has 4 heterocycles. The van der Waals surface area contributed by atoms with Crippen LogP contribution in [-0.4, -0.2) is 55.7 Å². The van der Waals surface area contributed by atoms with E-state index >= 15 is 0 Å². The van der Waals surface area contributed by atoms with Crippen molar-refractivity contribution in [2.45, 2.75) is 57.5 Å². The van der Waals surface area contributed by atoms with E-state index in [-0.39, 0.29) is 0 Å². The van der Waals surface area contributed by atoms with Crippen molar-refractivity contribution in [3.05, 3.63) is 41.7 Å². The van der Waals surface area contributed by atoms with Gasteiger partial charge < -0.3 is 4.57 Å². The maximum atomic E-state index is 4.60. The quantitative estimate of drug-likeness (QED) is 0.812. The SMILES string of the molecule is Cn1c(CN2CCCCCC2)nnc1C1CCN(Cc2cccnc2)CC1. The number of aromatic nitrogens is 4. The van der Waals surface area contributed by atoms with Crippen LogP contribution in [0.2, 0.25) is 0 Å². The average Bonchev–Trinajstić information content (AvgIpc) is 2.90.